The first-order valence-electron chi connectivity index (χ1n) is 9.22. The van der Waals surface area contributed by atoms with E-state index in [1.807, 2.05) is 4.90 Å². The third kappa shape index (κ3) is 3.70. The lowest BCUT2D eigenvalue weighted by molar-refractivity contribution is -0.139. The van der Waals surface area contributed by atoms with E-state index in [2.05, 4.69) is 10.1 Å². The summed E-state index contributed by atoms with van der Waals surface area (Å²) in [5, 5.41) is 3.86. The van der Waals surface area contributed by atoms with E-state index in [1.54, 1.807) is 0 Å². The third-order valence-electron chi connectivity index (χ3n) is 5.43. The van der Waals surface area contributed by atoms with Gasteiger partial charge in [0, 0.05) is 24.6 Å². The maximum Gasteiger partial charge on any atom is 0.416 e. The normalized spacial score (nSPS) is 21.1. The van der Waals surface area contributed by atoms with Crippen LogP contribution in [0.3, 0.4) is 0 Å². The van der Waals surface area contributed by atoms with Gasteiger partial charge in [0.1, 0.15) is 0 Å². The second kappa shape index (κ2) is 6.98. The molecule has 1 aliphatic heterocycles. The molecule has 27 heavy (non-hydrogen) atoms. The number of piperidine rings is 1. The van der Waals surface area contributed by atoms with E-state index in [4.69, 9.17) is 4.52 Å². The summed E-state index contributed by atoms with van der Waals surface area (Å²) in [5.74, 6) is 0.789. The number of amides is 1. The zero-order valence-corrected chi connectivity index (χ0v) is 14.7. The van der Waals surface area contributed by atoms with Gasteiger partial charge in [-0.15, -0.1) is 0 Å². The maximum atomic E-state index is 12.9. The fraction of sp³-hybridized carbons (Fsp3) is 0.526. The minimum absolute atomic E-state index is 0.0742. The van der Waals surface area contributed by atoms with Gasteiger partial charge in [0.25, 0.3) is 0 Å². The van der Waals surface area contributed by atoms with E-state index >= 15 is 0 Å². The summed E-state index contributed by atoms with van der Waals surface area (Å²) in [5.41, 5.74) is -0.487. The standard InChI is InChI=1S/C19H20F3N3O2/c20-19(21,22)15-8-2-6-13(10-15)16-23-17(27-24-16)14-7-3-9-25(11-14)18(26)12-4-1-5-12/h2,6,8,10,12,14H,1,3-5,7,9,11H2. The second-order valence-corrected chi connectivity index (χ2v) is 7.29. The molecule has 5 nitrogen and oxygen atoms in total. The van der Waals surface area contributed by atoms with E-state index in [9.17, 15) is 18.0 Å². The number of aromatic nitrogens is 2. The van der Waals surface area contributed by atoms with E-state index in [0.717, 1.165) is 50.8 Å². The molecule has 0 N–H and O–H groups in total. The lowest BCUT2D eigenvalue weighted by Gasteiger charge is -2.36. The van der Waals surface area contributed by atoms with Gasteiger partial charge in [-0.3, -0.25) is 4.79 Å². The SMILES string of the molecule is O=C(C1CCC1)N1CCCC(c2nc(-c3cccc(C(F)(F)F)c3)no2)C1. The quantitative estimate of drug-likeness (QED) is 0.800. The Morgan fingerprint density at radius 2 is 2.00 bits per heavy atom. The van der Waals surface area contributed by atoms with Gasteiger partial charge < -0.3 is 9.42 Å². The highest BCUT2D eigenvalue weighted by molar-refractivity contribution is 5.79. The summed E-state index contributed by atoms with van der Waals surface area (Å²) in [6.45, 7) is 1.26. The number of hydrogen-bond donors (Lipinski definition) is 0. The van der Waals surface area contributed by atoms with Crippen LogP contribution in [0.5, 0.6) is 0 Å². The highest BCUT2D eigenvalue weighted by atomic mass is 19.4. The molecule has 1 aromatic carbocycles. The van der Waals surface area contributed by atoms with Gasteiger partial charge in [-0.05, 0) is 37.8 Å². The second-order valence-electron chi connectivity index (χ2n) is 7.29. The fourth-order valence-electron chi connectivity index (χ4n) is 3.65. The van der Waals surface area contributed by atoms with Crippen molar-refractivity contribution in [1.82, 2.24) is 15.0 Å². The number of alkyl halides is 3. The Kier molecular flexibility index (Phi) is 4.65. The third-order valence-corrected chi connectivity index (χ3v) is 5.43. The van der Waals surface area contributed by atoms with Crippen molar-refractivity contribution in [3.63, 3.8) is 0 Å². The average Bonchev–Trinajstić information content (AvgIpc) is 3.10. The van der Waals surface area contributed by atoms with Crippen molar-refractivity contribution in [3.8, 4) is 11.4 Å². The summed E-state index contributed by atoms with van der Waals surface area (Å²) in [4.78, 5) is 18.7. The number of rotatable bonds is 3. The molecule has 1 aromatic heterocycles. The number of benzene rings is 1. The Morgan fingerprint density at radius 3 is 2.70 bits per heavy atom. The summed E-state index contributed by atoms with van der Waals surface area (Å²) >= 11 is 0. The Morgan fingerprint density at radius 1 is 1.19 bits per heavy atom. The summed E-state index contributed by atoms with van der Waals surface area (Å²) in [7, 11) is 0. The van der Waals surface area contributed by atoms with Crippen LogP contribution in [-0.4, -0.2) is 34.0 Å². The average molecular weight is 379 g/mol. The number of nitrogens with zero attached hydrogens (tertiary/aromatic N) is 3. The minimum Gasteiger partial charge on any atom is -0.342 e. The highest BCUT2D eigenvalue weighted by Crippen LogP contribution is 2.34. The molecule has 0 radical (unpaired) electrons. The molecule has 1 unspecified atom stereocenters. The van der Waals surface area contributed by atoms with Crippen LogP contribution in [0.1, 0.15) is 49.5 Å². The van der Waals surface area contributed by atoms with Crippen LogP contribution in [0, 0.1) is 5.92 Å². The van der Waals surface area contributed by atoms with Gasteiger partial charge in [0.2, 0.25) is 17.6 Å². The van der Waals surface area contributed by atoms with Crippen molar-refractivity contribution in [2.24, 2.45) is 5.92 Å². The molecule has 0 bridgehead atoms. The van der Waals surface area contributed by atoms with Gasteiger partial charge in [-0.1, -0.05) is 23.7 Å². The molecule has 1 saturated carbocycles. The van der Waals surface area contributed by atoms with Crippen molar-refractivity contribution in [2.45, 2.75) is 44.2 Å². The van der Waals surface area contributed by atoms with Crippen LogP contribution in [0.25, 0.3) is 11.4 Å². The fourth-order valence-corrected chi connectivity index (χ4v) is 3.65. The lowest BCUT2D eigenvalue weighted by atomic mass is 9.83. The molecule has 8 heteroatoms. The molecule has 0 spiro atoms. The van der Waals surface area contributed by atoms with Gasteiger partial charge in [-0.25, -0.2) is 0 Å². The van der Waals surface area contributed by atoms with Crippen molar-refractivity contribution in [3.05, 3.63) is 35.7 Å². The predicted molar refractivity (Wildman–Crippen MR) is 90.6 cm³/mol. The van der Waals surface area contributed by atoms with E-state index < -0.39 is 11.7 Å². The first kappa shape index (κ1) is 18.0. The van der Waals surface area contributed by atoms with Crippen LogP contribution in [0.15, 0.2) is 28.8 Å². The molecular formula is C19H20F3N3O2. The topological polar surface area (TPSA) is 59.2 Å². The summed E-state index contributed by atoms with van der Waals surface area (Å²) in [6.07, 6.45) is 0.273. The first-order chi connectivity index (χ1) is 12.9. The molecule has 1 saturated heterocycles. The molecule has 2 aromatic rings. The summed E-state index contributed by atoms with van der Waals surface area (Å²) < 4.78 is 44.0. The van der Waals surface area contributed by atoms with Crippen molar-refractivity contribution in [1.29, 1.82) is 0 Å². The van der Waals surface area contributed by atoms with Gasteiger partial charge in [0.15, 0.2) is 0 Å². The number of carbonyl (C=O) groups is 1. The van der Waals surface area contributed by atoms with E-state index in [0.29, 0.717) is 12.4 Å². The molecule has 1 atom stereocenters. The van der Waals surface area contributed by atoms with Crippen LogP contribution in [0.2, 0.25) is 0 Å². The number of likely N-dealkylation sites (tertiary alicyclic amines) is 1. The molecule has 1 amide bonds. The number of hydrogen-bond acceptors (Lipinski definition) is 4. The molecule has 2 heterocycles. The Bertz CT molecular complexity index is 830. The van der Waals surface area contributed by atoms with Crippen LogP contribution >= 0.6 is 0 Å². The largest absolute Gasteiger partial charge is 0.416 e. The zero-order chi connectivity index (χ0) is 19.0. The minimum atomic E-state index is -4.42. The maximum absolute atomic E-state index is 12.9. The Labute approximate surface area is 154 Å². The van der Waals surface area contributed by atoms with Gasteiger partial charge in [0.05, 0.1) is 11.5 Å². The first-order valence-corrected chi connectivity index (χ1v) is 9.22. The molecular weight excluding hydrogens is 359 g/mol. The molecule has 2 fully saturated rings. The number of halogens is 3. The molecule has 2 aliphatic rings. The summed E-state index contributed by atoms with van der Waals surface area (Å²) in [6, 6.07) is 4.88. The van der Waals surface area contributed by atoms with E-state index in [1.165, 1.54) is 12.1 Å². The van der Waals surface area contributed by atoms with Crippen LogP contribution in [-0.2, 0) is 11.0 Å². The molecule has 4 rings (SSSR count). The van der Waals surface area contributed by atoms with Crippen molar-refractivity contribution >= 4 is 5.91 Å². The Hall–Kier alpha value is -2.38. The van der Waals surface area contributed by atoms with Crippen molar-refractivity contribution in [2.75, 3.05) is 13.1 Å². The van der Waals surface area contributed by atoms with Gasteiger partial charge >= 0.3 is 6.18 Å². The zero-order valence-electron chi connectivity index (χ0n) is 14.7. The van der Waals surface area contributed by atoms with E-state index in [-0.39, 0.29) is 29.1 Å². The highest BCUT2D eigenvalue weighted by Gasteiger charge is 2.34. The van der Waals surface area contributed by atoms with Crippen LogP contribution < -0.4 is 0 Å². The molecule has 144 valence electrons. The van der Waals surface area contributed by atoms with Crippen molar-refractivity contribution < 1.29 is 22.5 Å². The van der Waals surface area contributed by atoms with Crippen LogP contribution in [0.4, 0.5) is 13.2 Å². The number of carbonyl (C=O) groups excluding carboxylic acids is 1. The lowest BCUT2D eigenvalue weighted by Crippen LogP contribution is -2.44. The Balaban J connectivity index is 1.50. The smallest absolute Gasteiger partial charge is 0.342 e. The monoisotopic (exact) mass is 379 g/mol. The predicted octanol–water partition coefficient (Wildman–Crippen LogP) is 4.26. The van der Waals surface area contributed by atoms with Gasteiger partial charge in [-0.2, -0.15) is 18.2 Å². The molecule has 1 aliphatic carbocycles.